The highest BCUT2D eigenvalue weighted by molar-refractivity contribution is 6.36. The molecule has 1 amide bonds. The zero-order chi connectivity index (χ0) is 18.1. The zero-order valence-corrected chi connectivity index (χ0v) is 14.1. The number of anilines is 1. The molecule has 0 aromatic heterocycles. The normalized spacial score (nSPS) is 14.2. The second kappa shape index (κ2) is 6.45. The molecule has 1 aliphatic heterocycles. The summed E-state index contributed by atoms with van der Waals surface area (Å²) >= 11 is 6.00. The van der Waals surface area contributed by atoms with Crippen molar-refractivity contribution in [3.63, 3.8) is 0 Å². The largest absolute Gasteiger partial charge is 0.493 e. The third-order valence-corrected chi connectivity index (χ3v) is 4.03. The topological polar surface area (TPSA) is 90.7 Å². The first-order valence-electron chi connectivity index (χ1n) is 7.18. The van der Waals surface area contributed by atoms with E-state index in [0.717, 1.165) is 0 Å². The van der Waals surface area contributed by atoms with E-state index in [1.165, 1.54) is 32.4 Å². The molecule has 3 rings (SSSR count). The van der Waals surface area contributed by atoms with Crippen LogP contribution in [0.25, 0.3) is 11.6 Å². The van der Waals surface area contributed by atoms with Gasteiger partial charge in [-0.05, 0) is 30.3 Å². The third-order valence-electron chi connectivity index (χ3n) is 3.79. The quantitative estimate of drug-likeness (QED) is 0.509. The molecule has 0 radical (unpaired) electrons. The van der Waals surface area contributed by atoms with E-state index in [0.29, 0.717) is 22.0 Å². The predicted molar refractivity (Wildman–Crippen MR) is 94.2 cm³/mol. The van der Waals surface area contributed by atoms with E-state index < -0.39 is 4.92 Å². The van der Waals surface area contributed by atoms with Crippen LogP contribution in [0.15, 0.2) is 30.3 Å². The first kappa shape index (κ1) is 16.8. The fourth-order valence-corrected chi connectivity index (χ4v) is 2.79. The number of carbonyl (C=O) groups is 1. The minimum atomic E-state index is -0.542. The number of ether oxygens (including phenoxy) is 2. The highest BCUT2D eigenvalue weighted by Gasteiger charge is 2.26. The summed E-state index contributed by atoms with van der Waals surface area (Å²) in [5, 5.41) is 14.6. The Morgan fingerprint density at radius 3 is 2.48 bits per heavy atom. The van der Waals surface area contributed by atoms with E-state index >= 15 is 0 Å². The lowest BCUT2D eigenvalue weighted by Gasteiger charge is -2.09. The van der Waals surface area contributed by atoms with Crippen molar-refractivity contribution in [3.05, 3.63) is 56.6 Å². The summed E-state index contributed by atoms with van der Waals surface area (Å²) in [7, 11) is 2.82. The van der Waals surface area contributed by atoms with Crippen LogP contribution in [-0.4, -0.2) is 25.1 Å². The number of nitrogens with one attached hydrogen (secondary N) is 1. The van der Waals surface area contributed by atoms with Gasteiger partial charge in [-0.15, -0.1) is 0 Å². The van der Waals surface area contributed by atoms with Crippen molar-refractivity contribution in [1.82, 2.24) is 0 Å². The van der Waals surface area contributed by atoms with Crippen LogP contribution in [0.3, 0.4) is 0 Å². The Morgan fingerprint density at radius 1 is 1.16 bits per heavy atom. The molecule has 2 aromatic rings. The Labute approximate surface area is 148 Å². The summed E-state index contributed by atoms with van der Waals surface area (Å²) in [4.78, 5) is 23.1. The molecule has 0 fully saturated rings. The molecule has 7 nitrogen and oxygen atoms in total. The van der Waals surface area contributed by atoms with Gasteiger partial charge in [0.1, 0.15) is 0 Å². The van der Waals surface area contributed by atoms with Gasteiger partial charge in [-0.1, -0.05) is 11.6 Å². The molecule has 1 N–H and O–H groups in total. The SMILES string of the molecule is COc1cc(/C=C2/C(=O)Nc3ccc(Cl)cc32)c([N+](=O)[O-])cc1OC. The van der Waals surface area contributed by atoms with Crippen LogP contribution < -0.4 is 14.8 Å². The number of carbonyl (C=O) groups excluding carboxylic acids is 1. The van der Waals surface area contributed by atoms with Gasteiger partial charge in [-0.25, -0.2) is 0 Å². The minimum absolute atomic E-state index is 0.201. The number of methoxy groups -OCH3 is 2. The van der Waals surface area contributed by atoms with Crippen LogP contribution in [0, 0.1) is 10.1 Å². The highest BCUT2D eigenvalue weighted by Crippen LogP contribution is 2.39. The number of halogens is 1. The zero-order valence-electron chi connectivity index (χ0n) is 13.3. The molecule has 25 heavy (non-hydrogen) atoms. The van der Waals surface area contributed by atoms with Gasteiger partial charge in [-0.3, -0.25) is 14.9 Å². The highest BCUT2D eigenvalue weighted by atomic mass is 35.5. The van der Waals surface area contributed by atoms with Gasteiger partial charge < -0.3 is 14.8 Å². The Kier molecular flexibility index (Phi) is 4.33. The molecule has 0 aliphatic carbocycles. The molecular formula is C17H13ClN2O5. The van der Waals surface area contributed by atoms with Crippen molar-refractivity contribution in [2.45, 2.75) is 0 Å². The number of nitro groups is 1. The minimum Gasteiger partial charge on any atom is -0.493 e. The summed E-state index contributed by atoms with van der Waals surface area (Å²) in [6, 6.07) is 7.69. The fourth-order valence-electron chi connectivity index (χ4n) is 2.62. The van der Waals surface area contributed by atoms with Crippen LogP contribution in [0.2, 0.25) is 5.02 Å². The van der Waals surface area contributed by atoms with E-state index in [4.69, 9.17) is 21.1 Å². The van der Waals surface area contributed by atoms with Gasteiger partial charge in [0.25, 0.3) is 11.6 Å². The Balaban J connectivity index is 2.20. The molecule has 0 atom stereocenters. The molecule has 2 aromatic carbocycles. The summed E-state index contributed by atoms with van der Waals surface area (Å²) in [5.41, 5.74) is 1.49. The van der Waals surface area contributed by atoms with Crippen LogP contribution >= 0.6 is 11.6 Å². The maximum absolute atomic E-state index is 12.3. The number of hydrogen-bond acceptors (Lipinski definition) is 5. The predicted octanol–water partition coefficient (Wildman–Crippen LogP) is 3.76. The Hall–Kier alpha value is -3.06. The molecule has 0 unspecified atom stereocenters. The average molecular weight is 361 g/mol. The van der Waals surface area contributed by atoms with E-state index in [9.17, 15) is 14.9 Å². The first-order valence-corrected chi connectivity index (χ1v) is 7.55. The van der Waals surface area contributed by atoms with Crippen LogP contribution in [0.5, 0.6) is 11.5 Å². The Morgan fingerprint density at radius 2 is 1.84 bits per heavy atom. The van der Waals surface area contributed by atoms with E-state index in [1.807, 2.05) is 0 Å². The second-order valence-corrected chi connectivity index (χ2v) is 5.66. The number of nitro benzene ring substituents is 1. The number of hydrogen-bond donors (Lipinski definition) is 1. The van der Waals surface area contributed by atoms with Gasteiger partial charge in [0.05, 0.1) is 30.8 Å². The lowest BCUT2D eigenvalue weighted by atomic mass is 10.0. The lowest BCUT2D eigenvalue weighted by Crippen LogP contribution is -2.04. The lowest BCUT2D eigenvalue weighted by molar-refractivity contribution is -0.385. The van der Waals surface area contributed by atoms with Gasteiger partial charge in [-0.2, -0.15) is 0 Å². The van der Waals surface area contributed by atoms with Crippen molar-refractivity contribution >= 4 is 40.5 Å². The molecular weight excluding hydrogens is 348 g/mol. The summed E-state index contributed by atoms with van der Waals surface area (Å²) in [6.07, 6.45) is 1.44. The number of amides is 1. The van der Waals surface area contributed by atoms with E-state index in [2.05, 4.69) is 5.32 Å². The standard InChI is InChI=1S/C17H13ClN2O5/c1-24-15-6-9(14(20(22)23)8-16(15)25-2)5-12-11-7-10(18)3-4-13(11)19-17(12)21/h3-8H,1-2H3,(H,19,21)/b12-5+. The van der Waals surface area contributed by atoms with Crippen molar-refractivity contribution in [2.24, 2.45) is 0 Å². The number of rotatable bonds is 4. The molecule has 128 valence electrons. The third kappa shape index (κ3) is 3.01. The van der Waals surface area contributed by atoms with Crippen molar-refractivity contribution in [1.29, 1.82) is 0 Å². The molecule has 8 heteroatoms. The Bertz CT molecular complexity index is 923. The van der Waals surface area contributed by atoms with E-state index in [1.54, 1.807) is 18.2 Å². The fraction of sp³-hybridized carbons (Fsp3) is 0.118. The number of nitrogens with zero attached hydrogens (tertiary/aromatic N) is 1. The average Bonchev–Trinajstić information content (AvgIpc) is 2.89. The number of benzene rings is 2. The first-order chi connectivity index (χ1) is 11.9. The van der Waals surface area contributed by atoms with Crippen molar-refractivity contribution < 1.29 is 19.2 Å². The van der Waals surface area contributed by atoms with Crippen molar-refractivity contribution in [3.8, 4) is 11.5 Å². The van der Waals surface area contributed by atoms with Crippen LogP contribution in [0.1, 0.15) is 11.1 Å². The second-order valence-electron chi connectivity index (χ2n) is 5.23. The molecule has 1 aliphatic rings. The summed E-state index contributed by atoms with van der Waals surface area (Å²) in [6.45, 7) is 0. The molecule has 0 spiro atoms. The molecule has 0 saturated heterocycles. The van der Waals surface area contributed by atoms with Gasteiger partial charge >= 0.3 is 0 Å². The van der Waals surface area contributed by atoms with Gasteiger partial charge in [0.2, 0.25) is 0 Å². The molecule has 0 saturated carbocycles. The molecule has 1 heterocycles. The maximum atomic E-state index is 12.3. The van der Waals surface area contributed by atoms with Crippen LogP contribution in [-0.2, 0) is 4.79 Å². The molecule has 0 bridgehead atoms. The van der Waals surface area contributed by atoms with E-state index in [-0.39, 0.29) is 28.5 Å². The smallest absolute Gasteiger partial charge is 0.280 e. The van der Waals surface area contributed by atoms with Crippen molar-refractivity contribution in [2.75, 3.05) is 19.5 Å². The number of fused-ring (bicyclic) bond motifs is 1. The summed E-state index contributed by atoms with van der Waals surface area (Å²) in [5.74, 6) is 0.196. The maximum Gasteiger partial charge on any atom is 0.280 e. The van der Waals surface area contributed by atoms with Crippen LogP contribution in [0.4, 0.5) is 11.4 Å². The monoisotopic (exact) mass is 360 g/mol. The van der Waals surface area contributed by atoms with Gasteiger partial charge in [0, 0.05) is 21.8 Å². The summed E-state index contributed by atoms with van der Waals surface area (Å²) < 4.78 is 10.3. The van der Waals surface area contributed by atoms with Gasteiger partial charge in [0.15, 0.2) is 11.5 Å².